The predicted octanol–water partition coefficient (Wildman–Crippen LogP) is 1.56. The number of hydrazone groups is 1. The molecule has 0 unspecified atom stereocenters. The minimum atomic E-state index is -3.44. The van der Waals surface area contributed by atoms with E-state index >= 15 is 0 Å². The lowest BCUT2D eigenvalue weighted by Gasteiger charge is -2.31. The van der Waals surface area contributed by atoms with Crippen LogP contribution in [0.3, 0.4) is 0 Å². The summed E-state index contributed by atoms with van der Waals surface area (Å²) in [5.41, 5.74) is -3.46. The summed E-state index contributed by atoms with van der Waals surface area (Å²) in [6.07, 6.45) is -6.28. The minimum absolute atomic E-state index is 0.0466. The molecule has 0 aliphatic carbocycles. The maximum absolute atomic E-state index is 13.1. The SMILES string of the molecule is Cc1ccnn1[C@H](C)C(=O)N1N=C(C(F)F)C[C@@]1(O)C(F)F. The maximum atomic E-state index is 13.1. The Kier molecular flexibility index (Phi) is 4.23. The molecule has 122 valence electrons. The molecule has 22 heavy (non-hydrogen) atoms. The van der Waals surface area contributed by atoms with E-state index in [2.05, 4.69) is 10.2 Å². The molecule has 1 aliphatic rings. The Morgan fingerprint density at radius 1 is 1.41 bits per heavy atom. The number of nitrogens with zero attached hydrogens (tertiary/aromatic N) is 4. The molecule has 2 heterocycles. The first-order valence-electron chi connectivity index (χ1n) is 6.38. The predicted molar refractivity (Wildman–Crippen MR) is 67.5 cm³/mol. The van der Waals surface area contributed by atoms with Crippen molar-refractivity contribution >= 4 is 11.6 Å². The zero-order valence-corrected chi connectivity index (χ0v) is 11.8. The van der Waals surface area contributed by atoms with Gasteiger partial charge in [0.25, 0.3) is 18.8 Å². The van der Waals surface area contributed by atoms with Crippen molar-refractivity contribution in [3.63, 3.8) is 0 Å². The fourth-order valence-electron chi connectivity index (χ4n) is 2.19. The largest absolute Gasteiger partial charge is 0.364 e. The van der Waals surface area contributed by atoms with E-state index in [-0.39, 0.29) is 5.01 Å². The standard InChI is InChI=1S/C12H14F4N4O2/c1-6-3-4-17-19(6)7(2)10(21)20-12(22,11(15)16)5-8(18-20)9(13)14/h3-4,7,9,11,22H,5H2,1-2H3/t7-,12-/m1/s1. The molecule has 1 aromatic rings. The number of rotatable bonds is 4. The molecule has 10 heteroatoms. The number of aromatic nitrogens is 2. The monoisotopic (exact) mass is 322 g/mol. The molecule has 0 radical (unpaired) electrons. The summed E-state index contributed by atoms with van der Waals surface area (Å²) in [7, 11) is 0. The number of carbonyl (C=O) groups excluding carboxylic acids is 1. The summed E-state index contributed by atoms with van der Waals surface area (Å²) in [5.74, 6) is -1.05. The Morgan fingerprint density at radius 3 is 2.50 bits per heavy atom. The summed E-state index contributed by atoms with van der Waals surface area (Å²) in [5, 5.41) is 17.0. The van der Waals surface area contributed by atoms with Gasteiger partial charge >= 0.3 is 0 Å². The van der Waals surface area contributed by atoms with Gasteiger partial charge in [0, 0.05) is 18.3 Å². The average Bonchev–Trinajstić information content (AvgIpc) is 3.02. The van der Waals surface area contributed by atoms with Gasteiger partial charge in [-0.25, -0.2) is 17.6 Å². The molecule has 1 aliphatic heterocycles. The first-order valence-corrected chi connectivity index (χ1v) is 6.38. The third kappa shape index (κ3) is 2.58. The van der Waals surface area contributed by atoms with Crippen LogP contribution in [-0.4, -0.2) is 50.1 Å². The van der Waals surface area contributed by atoms with Crippen molar-refractivity contribution in [3.05, 3.63) is 18.0 Å². The molecule has 1 N–H and O–H groups in total. The van der Waals surface area contributed by atoms with Gasteiger partial charge in [0.15, 0.2) is 0 Å². The fraction of sp³-hybridized carbons (Fsp3) is 0.583. The minimum Gasteiger partial charge on any atom is -0.364 e. The molecular formula is C12H14F4N4O2. The normalized spacial score (nSPS) is 23.3. The smallest absolute Gasteiger partial charge is 0.287 e. The Balaban J connectivity index is 2.35. The molecule has 0 saturated carbocycles. The van der Waals surface area contributed by atoms with E-state index in [4.69, 9.17) is 0 Å². The number of hydrogen-bond acceptors (Lipinski definition) is 4. The van der Waals surface area contributed by atoms with E-state index < -0.39 is 42.7 Å². The van der Waals surface area contributed by atoms with Gasteiger partial charge in [0.2, 0.25) is 5.72 Å². The van der Waals surface area contributed by atoms with E-state index in [1.165, 1.54) is 17.8 Å². The maximum Gasteiger partial charge on any atom is 0.287 e. The lowest BCUT2D eigenvalue weighted by atomic mass is 10.1. The fourth-order valence-corrected chi connectivity index (χ4v) is 2.19. The van der Waals surface area contributed by atoms with Gasteiger partial charge in [0.05, 0.1) is 0 Å². The van der Waals surface area contributed by atoms with Gasteiger partial charge < -0.3 is 5.11 Å². The number of alkyl halides is 4. The molecule has 1 aromatic heterocycles. The summed E-state index contributed by atoms with van der Waals surface area (Å²) in [4.78, 5) is 12.3. The van der Waals surface area contributed by atoms with Crippen LogP contribution in [0.1, 0.15) is 25.1 Å². The Bertz CT molecular complexity index is 604. The number of hydrogen-bond donors (Lipinski definition) is 1. The van der Waals surface area contributed by atoms with Crippen LogP contribution in [0, 0.1) is 6.92 Å². The van der Waals surface area contributed by atoms with E-state index in [9.17, 15) is 27.5 Å². The summed E-state index contributed by atoms with van der Waals surface area (Å²) in [6, 6.07) is 0.502. The third-order valence-corrected chi connectivity index (χ3v) is 3.44. The topological polar surface area (TPSA) is 70.7 Å². The average molecular weight is 322 g/mol. The van der Waals surface area contributed by atoms with Crippen molar-refractivity contribution in [2.24, 2.45) is 5.10 Å². The molecule has 2 atom stereocenters. The highest BCUT2D eigenvalue weighted by Crippen LogP contribution is 2.34. The van der Waals surface area contributed by atoms with Gasteiger partial charge in [-0.2, -0.15) is 15.2 Å². The molecule has 0 aromatic carbocycles. The van der Waals surface area contributed by atoms with E-state index in [0.717, 1.165) is 0 Å². The highest BCUT2D eigenvalue weighted by molar-refractivity contribution is 5.93. The Labute approximate surface area is 123 Å². The van der Waals surface area contributed by atoms with Crippen molar-refractivity contribution in [1.29, 1.82) is 0 Å². The van der Waals surface area contributed by atoms with Crippen molar-refractivity contribution in [2.45, 2.75) is 44.9 Å². The first-order chi connectivity index (χ1) is 10.2. The van der Waals surface area contributed by atoms with E-state index in [0.29, 0.717) is 5.69 Å². The highest BCUT2D eigenvalue weighted by Gasteiger charge is 2.54. The van der Waals surface area contributed by atoms with Crippen molar-refractivity contribution in [3.8, 4) is 0 Å². The second kappa shape index (κ2) is 5.67. The number of carbonyl (C=O) groups is 1. The van der Waals surface area contributed by atoms with Crippen LogP contribution in [0.5, 0.6) is 0 Å². The second-order valence-electron chi connectivity index (χ2n) is 4.99. The summed E-state index contributed by atoms with van der Waals surface area (Å²) in [6.45, 7) is 2.98. The van der Waals surface area contributed by atoms with Crippen LogP contribution in [0.25, 0.3) is 0 Å². The Hall–Kier alpha value is -1.97. The number of halogens is 4. The van der Waals surface area contributed by atoms with Crippen molar-refractivity contribution < 1.29 is 27.5 Å². The molecule has 0 saturated heterocycles. The number of amides is 1. The molecular weight excluding hydrogens is 308 g/mol. The van der Waals surface area contributed by atoms with Gasteiger partial charge in [-0.15, -0.1) is 0 Å². The molecule has 0 bridgehead atoms. The summed E-state index contributed by atoms with van der Waals surface area (Å²) < 4.78 is 52.7. The van der Waals surface area contributed by atoms with E-state index in [1.807, 2.05) is 0 Å². The van der Waals surface area contributed by atoms with Gasteiger partial charge in [-0.05, 0) is 19.9 Å². The molecule has 6 nitrogen and oxygen atoms in total. The van der Waals surface area contributed by atoms with Crippen LogP contribution in [0.2, 0.25) is 0 Å². The number of aliphatic hydroxyl groups is 1. The van der Waals surface area contributed by atoms with Crippen LogP contribution in [-0.2, 0) is 4.79 Å². The molecule has 0 fully saturated rings. The van der Waals surface area contributed by atoms with Gasteiger partial charge in [0.1, 0.15) is 11.8 Å². The van der Waals surface area contributed by atoms with Crippen LogP contribution in [0.15, 0.2) is 17.4 Å². The quantitative estimate of drug-likeness (QED) is 0.855. The van der Waals surface area contributed by atoms with Gasteiger partial charge in [-0.3, -0.25) is 9.48 Å². The lowest BCUT2D eigenvalue weighted by Crippen LogP contribution is -2.53. The molecule has 1 amide bonds. The highest BCUT2D eigenvalue weighted by atomic mass is 19.3. The first kappa shape index (κ1) is 16.4. The third-order valence-electron chi connectivity index (χ3n) is 3.44. The lowest BCUT2D eigenvalue weighted by molar-refractivity contribution is -0.194. The number of aryl methyl sites for hydroxylation is 1. The molecule has 2 rings (SSSR count). The van der Waals surface area contributed by atoms with Crippen LogP contribution < -0.4 is 0 Å². The summed E-state index contributed by atoms with van der Waals surface area (Å²) >= 11 is 0. The zero-order chi connectivity index (χ0) is 16.7. The van der Waals surface area contributed by atoms with Crippen LogP contribution >= 0.6 is 0 Å². The van der Waals surface area contributed by atoms with Gasteiger partial charge in [-0.1, -0.05) is 0 Å². The van der Waals surface area contributed by atoms with Crippen molar-refractivity contribution in [2.75, 3.05) is 0 Å². The zero-order valence-electron chi connectivity index (χ0n) is 11.8. The van der Waals surface area contributed by atoms with Crippen LogP contribution in [0.4, 0.5) is 17.6 Å². The van der Waals surface area contributed by atoms with E-state index in [1.54, 1.807) is 13.0 Å². The van der Waals surface area contributed by atoms with Crippen molar-refractivity contribution in [1.82, 2.24) is 14.8 Å². The molecule has 0 spiro atoms. The second-order valence-corrected chi connectivity index (χ2v) is 4.99. The Morgan fingerprint density at radius 2 is 2.05 bits per heavy atom.